The Bertz CT molecular complexity index is 448. The number of hydrogen-bond donors (Lipinski definition) is 0. The van der Waals surface area contributed by atoms with E-state index < -0.39 is 0 Å². The molecule has 1 aromatic carbocycles. The van der Waals surface area contributed by atoms with E-state index in [1.807, 2.05) is 24.3 Å². The molecule has 1 aromatic rings. The summed E-state index contributed by atoms with van der Waals surface area (Å²) in [5, 5.41) is 0.692. The van der Waals surface area contributed by atoms with Crippen LogP contribution in [0, 0.1) is 0 Å². The van der Waals surface area contributed by atoms with Gasteiger partial charge in [0.2, 0.25) is 0 Å². The minimum atomic E-state index is 0.241. The van der Waals surface area contributed by atoms with Crippen molar-refractivity contribution in [2.75, 3.05) is 0 Å². The van der Waals surface area contributed by atoms with Crippen LogP contribution in [0.1, 0.15) is 44.1 Å². The third-order valence-electron chi connectivity index (χ3n) is 3.46. The Morgan fingerprint density at radius 1 is 1.11 bits per heavy atom. The van der Waals surface area contributed by atoms with Gasteiger partial charge in [0.25, 0.3) is 0 Å². The number of carbonyl (C=O) groups is 1. The fourth-order valence-electron chi connectivity index (χ4n) is 2.37. The van der Waals surface area contributed by atoms with Gasteiger partial charge in [-0.3, -0.25) is 4.79 Å². The third kappa shape index (κ3) is 3.71. The molecule has 1 aliphatic carbocycles. The van der Waals surface area contributed by atoms with Gasteiger partial charge in [-0.1, -0.05) is 48.7 Å². The minimum Gasteiger partial charge on any atom is -0.294 e. The molecule has 0 bridgehead atoms. The number of rotatable bonds is 3. The Hall–Kier alpha value is -1.08. The van der Waals surface area contributed by atoms with Crippen LogP contribution in [0.4, 0.5) is 0 Å². The van der Waals surface area contributed by atoms with Crippen molar-refractivity contribution in [3.05, 3.63) is 46.5 Å². The number of carbonyl (C=O) groups excluding carboxylic acids is 1. The molecule has 0 aliphatic heterocycles. The number of allylic oxidation sites excluding steroid dienone is 2. The van der Waals surface area contributed by atoms with Gasteiger partial charge in [-0.2, -0.15) is 0 Å². The molecule has 1 aliphatic rings. The van der Waals surface area contributed by atoms with E-state index in [0.717, 1.165) is 30.4 Å². The molecule has 0 saturated carbocycles. The van der Waals surface area contributed by atoms with Crippen LogP contribution < -0.4 is 0 Å². The Morgan fingerprint density at radius 2 is 1.89 bits per heavy atom. The molecule has 0 amide bonds. The Kier molecular flexibility index (Phi) is 5.00. The van der Waals surface area contributed by atoms with Crippen molar-refractivity contribution in [3.63, 3.8) is 0 Å². The van der Waals surface area contributed by atoms with Gasteiger partial charge in [-0.05, 0) is 42.9 Å². The molecule has 0 aromatic heterocycles. The predicted molar refractivity (Wildman–Crippen MR) is 75.9 cm³/mol. The van der Waals surface area contributed by atoms with Gasteiger partial charge in [0.1, 0.15) is 0 Å². The molecule has 0 spiro atoms. The van der Waals surface area contributed by atoms with E-state index in [-0.39, 0.29) is 5.78 Å². The van der Waals surface area contributed by atoms with Crippen LogP contribution >= 0.6 is 11.6 Å². The van der Waals surface area contributed by atoms with Crippen LogP contribution in [0.5, 0.6) is 0 Å². The number of ketones is 1. The van der Waals surface area contributed by atoms with Crippen molar-refractivity contribution in [3.8, 4) is 0 Å². The van der Waals surface area contributed by atoms with Crippen molar-refractivity contribution in [2.45, 2.75) is 44.9 Å². The van der Waals surface area contributed by atoms with Gasteiger partial charge in [0, 0.05) is 11.4 Å². The highest BCUT2D eigenvalue weighted by molar-refractivity contribution is 6.31. The summed E-state index contributed by atoms with van der Waals surface area (Å²) < 4.78 is 0. The first-order chi connectivity index (χ1) is 8.77. The lowest BCUT2D eigenvalue weighted by molar-refractivity contribution is -0.115. The molecule has 2 heteroatoms. The maximum absolute atomic E-state index is 12.3. The summed E-state index contributed by atoms with van der Waals surface area (Å²) in [6.45, 7) is 0. The topological polar surface area (TPSA) is 17.1 Å². The van der Waals surface area contributed by atoms with Gasteiger partial charge in [-0.15, -0.1) is 0 Å². The van der Waals surface area contributed by atoms with Crippen molar-refractivity contribution in [2.24, 2.45) is 0 Å². The minimum absolute atomic E-state index is 0.241. The lowest BCUT2D eigenvalue weighted by Crippen LogP contribution is -2.08. The molecule has 0 atom stereocenters. The lowest BCUT2D eigenvalue weighted by Gasteiger charge is -2.11. The Balaban J connectivity index is 2.04. The largest absolute Gasteiger partial charge is 0.294 e. The van der Waals surface area contributed by atoms with E-state index in [4.69, 9.17) is 11.6 Å². The van der Waals surface area contributed by atoms with E-state index in [1.54, 1.807) is 0 Å². The molecule has 0 unspecified atom stereocenters. The van der Waals surface area contributed by atoms with Crippen molar-refractivity contribution >= 4 is 17.4 Å². The average Bonchev–Trinajstić information content (AvgIpc) is 2.31. The van der Waals surface area contributed by atoms with Gasteiger partial charge >= 0.3 is 0 Å². The van der Waals surface area contributed by atoms with E-state index in [0.29, 0.717) is 11.4 Å². The monoisotopic (exact) mass is 262 g/mol. The maximum Gasteiger partial charge on any atom is 0.162 e. The van der Waals surface area contributed by atoms with Crippen LogP contribution in [0.3, 0.4) is 0 Å². The first-order valence-corrected chi connectivity index (χ1v) is 7.11. The second-order valence-corrected chi connectivity index (χ2v) is 5.28. The lowest BCUT2D eigenvalue weighted by atomic mass is 9.94. The number of Topliss-reactive ketones (excluding diaryl/α,β-unsaturated/α-hetero) is 1. The molecule has 0 N–H and O–H groups in total. The fraction of sp³-hybridized carbons (Fsp3) is 0.438. The Morgan fingerprint density at radius 3 is 2.72 bits per heavy atom. The zero-order valence-electron chi connectivity index (χ0n) is 10.6. The molecule has 0 fully saturated rings. The average molecular weight is 263 g/mol. The number of benzene rings is 1. The van der Waals surface area contributed by atoms with Crippen molar-refractivity contribution in [1.82, 2.24) is 0 Å². The second kappa shape index (κ2) is 6.75. The third-order valence-corrected chi connectivity index (χ3v) is 3.83. The van der Waals surface area contributed by atoms with Gasteiger partial charge in [0.15, 0.2) is 5.78 Å². The van der Waals surface area contributed by atoms with Crippen LogP contribution in [0.2, 0.25) is 5.02 Å². The Labute approximate surface area is 114 Å². The summed E-state index contributed by atoms with van der Waals surface area (Å²) >= 11 is 6.09. The van der Waals surface area contributed by atoms with E-state index in [9.17, 15) is 4.79 Å². The normalized spacial score (nSPS) is 19.5. The van der Waals surface area contributed by atoms with Crippen LogP contribution in [0.15, 0.2) is 35.9 Å². The summed E-state index contributed by atoms with van der Waals surface area (Å²) in [7, 11) is 0. The standard InChI is InChI=1S/C16H19ClO/c17-15-11-7-6-10-14(15)12-16(18)13-8-4-2-1-3-5-9-13/h6-8,10-11H,1-5,9,12H2/b13-8+. The zero-order valence-corrected chi connectivity index (χ0v) is 11.4. The second-order valence-electron chi connectivity index (χ2n) is 4.87. The molecule has 0 radical (unpaired) electrons. The highest BCUT2D eigenvalue weighted by Gasteiger charge is 2.12. The fourth-order valence-corrected chi connectivity index (χ4v) is 2.58. The first-order valence-electron chi connectivity index (χ1n) is 6.73. The SMILES string of the molecule is O=C(Cc1ccccc1Cl)/C1=C/CCCCCC1. The molecule has 1 nitrogen and oxygen atoms in total. The zero-order chi connectivity index (χ0) is 12.8. The molecule has 0 saturated heterocycles. The summed E-state index contributed by atoms with van der Waals surface area (Å²) in [4.78, 5) is 12.3. The first kappa shape index (κ1) is 13.4. The summed E-state index contributed by atoms with van der Waals surface area (Å²) in [6, 6.07) is 7.60. The summed E-state index contributed by atoms with van der Waals surface area (Å²) in [6.07, 6.45) is 9.44. The maximum atomic E-state index is 12.3. The van der Waals surface area contributed by atoms with E-state index in [2.05, 4.69) is 6.08 Å². The highest BCUT2D eigenvalue weighted by Crippen LogP contribution is 2.21. The summed E-state index contributed by atoms with van der Waals surface area (Å²) in [5.41, 5.74) is 1.95. The van der Waals surface area contributed by atoms with Gasteiger partial charge in [0.05, 0.1) is 0 Å². The van der Waals surface area contributed by atoms with E-state index >= 15 is 0 Å². The highest BCUT2D eigenvalue weighted by atomic mass is 35.5. The number of hydrogen-bond acceptors (Lipinski definition) is 1. The molecule has 2 rings (SSSR count). The summed E-state index contributed by atoms with van der Waals surface area (Å²) in [5.74, 6) is 0.241. The van der Waals surface area contributed by atoms with Crippen molar-refractivity contribution in [1.29, 1.82) is 0 Å². The molecular formula is C16H19ClO. The van der Waals surface area contributed by atoms with Crippen molar-refractivity contribution < 1.29 is 4.79 Å². The van der Waals surface area contributed by atoms with Crippen LogP contribution in [-0.2, 0) is 11.2 Å². The molecular weight excluding hydrogens is 244 g/mol. The smallest absolute Gasteiger partial charge is 0.162 e. The van der Waals surface area contributed by atoms with Crippen LogP contribution in [0.25, 0.3) is 0 Å². The van der Waals surface area contributed by atoms with Crippen LogP contribution in [-0.4, -0.2) is 5.78 Å². The predicted octanol–water partition coefficient (Wildman–Crippen LogP) is 4.73. The molecule has 18 heavy (non-hydrogen) atoms. The van der Waals surface area contributed by atoms with Gasteiger partial charge < -0.3 is 0 Å². The number of halogens is 1. The van der Waals surface area contributed by atoms with E-state index in [1.165, 1.54) is 19.3 Å². The molecule has 96 valence electrons. The van der Waals surface area contributed by atoms with Gasteiger partial charge in [-0.25, -0.2) is 0 Å². The quantitative estimate of drug-likeness (QED) is 0.769. The molecule has 0 heterocycles.